The molecule has 0 spiro atoms. The van der Waals surface area contributed by atoms with Gasteiger partial charge in [0, 0.05) is 0 Å². The zero-order valence-electron chi connectivity index (χ0n) is 13.2. The third-order valence-corrected chi connectivity index (χ3v) is 4.05. The highest BCUT2D eigenvalue weighted by molar-refractivity contribution is 6.83. The Kier molecular flexibility index (Phi) is 4.88. The molecule has 0 radical (unpaired) electrons. The summed E-state index contributed by atoms with van der Waals surface area (Å²) in [4.78, 5) is 0. The molecule has 0 aliphatic carbocycles. The lowest BCUT2D eigenvalue weighted by Gasteiger charge is -2.14. The topological polar surface area (TPSA) is 9.23 Å². The van der Waals surface area contributed by atoms with Crippen molar-refractivity contribution in [3.63, 3.8) is 0 Å². The summed E-state index contributed by atoms with van der Waals surface area (Å²) in [6, 6.07) is 18.7. The molecular weight excluding hydrogens is 272 g/mol. The van der Waals surface area contributed by atoms with Crippen LogP contribution in [-0.2, 0) is 0 Å². The maximum atomic E-state index is 5.35. The Balaban J connectivity index is 2.47. The van der Waals surface area contributed by atoms with E-state index >= 15 is 0 Å². The minimum Gasteiger partial charge on any atom is -0.497 e. The fourth-order valence-corrected chi connectivity index (χ4v) is 2.69. The highest BCUT2D eigenvalue weighted by Crippen LogP contribution is 2.27. The average Bonchev–Trinajstić information content (AvgIpc) is 2.48. The molecule has 0 saturated carbocycles. The van der Waals surface area contributed by atoms with Crippen molar-refractivity contribution in [3.05, 3.63) is 65.7 Å². The van der Waals surface area contributed by atoms with Crippen LogP contribution in [-0.4, -0.2) is 15.2 Å². The van der Waals surface area contributed by atoms with Crippen LogP contribution in [0.15, 0.2) is 54.6 Å². The highest BCUT2D eigenvalue weighted by atomic mass is 28.3. The third-order valence-electron chi connectivity index (χ3n) is 3.15. The second-order valence-electron chi connectivity index (χ2n) is 6.14. The minimum absolute atomic E-state index is 0.105. The van der Waals surface area contributed by atoms with Gasteiger partial charge >= 0.3 is 0 Å². The van der Waals surface area contributed by atoms with Crippen molar-refractivity contribution in [1.29, 1.82) is 0 Å². The predicted octanol–water partition coefficient (Wildman–Crippen LogP) is 4.71. The number of methoxy groups -OCH3 is 1. The SMILES string of the molecule is COc1cccc(C(C#C[Si](C)(C)C)c2ccccc2)c1. The van der Waals surface area contributed by atoms with Crippen molar-refractivity contribution in [2.24, 2.45) is 0 Å². The van der Waals surface area contributed by atoms with E-state index in [1.165, 1.54) is 11.1 Å². The van der Waals surface area contributed by atoms with E-state index < -0.39 is 8.07 Å². The van der Waals surface area contributed by atoms with Crippen LogP contribution in [0.5, 0.6) is 5.75 Å². The first-order chi connectivity index (χ1) is 9.99. The Morgan fingerprint density at radius 3 is 2.19 bits per heavy atom. The zero-order valence-corrected chi connectivity index (χ0v) is 14.2. The van der Waals surface area contributed by atoms with Crippen LogP contribution in [0.3, 0.4) is 0 Å². The van der Waals surface area contributed by atoms with Crippen molar-refractivity contribution in [1.82, 2.24) is 0 Å². The van der Waals surface area contributed by atoms with E-state index in [1.807, 2.05) is 18.2 Å². The number of ether oxygens (including phenoxy) is 1. The smallest absolute Gasteiger partial charge is 0.129 e. The monoisotopic (exact) mass is 294 g/mol. The fourth-order valence-electron chi connectivity index (χ4n) is 2.11. The lowest BCUT2D eigenvalue weighted by Crippen LogP contribution is -2.17. The molecule has 0 fully saturated rings. The lowest BCUT2D eigenvalue weighted by molar-refractivity contribution is 0.414. The van der Waals surface area contributed by atoms with Gasteiger partial charge in [-0.3, -0.25) is 0 Å². The molecule has 0 aromatic heterocycles. The summed E-state index contributed by atoms with van der Waals surface area (Å²) in [6.07, 6.45) is 0. The van der Waals surface area contributed by atoms with E-state index in [2.05, 4.69) is 67.5 Å². The number of benzene rings is 2. The van der Waals surface area contributed by atoms with Crippen LogP contribution in [0.2, 0.25) is 19.6 Å². The van der Waals surface area contributed by atoms with E-state index in [0.717, 1.165) is 5.75 Å². The van der Waals surface area contributed by atoms with Gasteiger partial charge in [-0.1, -0.05) is 68.0 Å². The molecule has 0 aliphatic rings. The van der Waals surface area contributed by atoms with Crippen molar-refractivity contribution >= 4 is 8.07 Å². The summed E-state index contributed by atoms with van der Waals surface area (Å²) in [6.45, 7) is 6.81. The fraction of sp³-hybridized carbons (Fsp3) is 0.263. The van der Waals surface area contributed by atoms with Gasteiger partial charge in [-0.05, 0) is 23.3 Å². The molecule has 1 nitrogen and oxygen atoms in total. The first-order valence-corrected chi connectivity index (χ1v) is 10.7. The van der Waals surface area contributed by atoms with Gasteiger partial charge in [-0.15, -0.1) is 5.54 Å². The summed E-state index contributed by atoms with van der Waals surface area (Å²) in [5.74, 6) is 4.48. The third kappa shape index (κ3) is 4.51. The standard InChI is InChI=1S/C19H22OSi/c1-20-18-12-8-11-17(15-18)19(13-14-21(2,3)4)16-9-6-5-7-10-16/h5-12,15,19H,1-4H3. The number of rotatable bonds is 3. The molecule has 1 unspecified atom stereocenters. The molecule has 0 saturated heterocycles. The molecule has 21 heavy (non-hydrogen) atoms. The average molecular weight is 294 g/mol. The number of hydrogen-bond acceptors (Lipinski definition) is 1. The van der Waals surface area contributed by atoms with E-state index in [4.69, 9.17) is 4.74 Å². The molecule has 0 aliphatic heterocycles. The lowest BCUT2D eigenvalue weighted by atomic mass is 9.92. The summed E-state index contributed by atoms with van der Waals surface area (Å²) in [5, 5.41) is 0. The molecule has 2 heteroatoms. The summed E-state index contributed by atoms with van der Waals surface area (Å²) < 4.78 is 5.35. The molecule has 2 rings (SSSR count). The Bertz CT molecular complexity index is 645. The first kappa shape index (κ1) is 15.4. The molecular formula is C19H22OSi. The molecule has 0 amide bonds. The molecule has 108 valence electrons. The zero-order chi connectivity index (χ0) is 15.3. The van der Waals surface area contributed by atoms with Gasteiger partial charge < -0.3 is 4.74 Å². The normalized spacial score (nSPS) is 12.2. The molecule has 0 N–H and O–H groups in total. The van der Waals surface area contributed by atoms with Crippen molar-refractivity contribution in [2.45, 2.75) is 25.6 Å². The second kappa shape index (κ2) is 6.65. The van der Waals surface area contributed by atoms with Gasteiger partial charge in [0.1, 0.15) is 13.8 Å². The predicted molar refractivity (Wildman–Crippen MR) is 92.4 cm³/mol. The van der Waals surface area contributed by atoms with Gasteiger partial charge in [0.2, 0.25) is 0 Å². The van der Waals surface area contributed by atoms with Gasteiger partial charge in [0.05, 0.1) is 13.0 Å². The van der Waals surface area contributed by atoms with Crippen LogP contribution in [0.25, 0.3) is 0 Å². The Morgan fingerprint density at radius 2 is 1.57 bits per heavy atom. The van der Waals surface area contributed by atoms with Gasteiger partial charge in [-0.25, -0.2) is 0 Å². The Hall–Kier alpha value is -1.98. The van der Waals surface area contributed by atoms with E-state index in [0.29, 0.717) is 0 Å². The van der Waals surface area contributed by atoms with E-state index in [-0.39, 0.29) is 5.92 Å². The van der Waals surface area contributed by atoms with Gasteiger partial charge in [0.15, 0.2) is 0 Å². The summed E-state index contributed by atoms with van der Waals surface area (Å²) >= 11 is 0. The largest absolute Gasteiger partial charge is 0.497 e. The van der Waals surface area contributed by atoms with E-state index in [9.17, 15) is 0 Å². The summed E-state index contributed by atoms with van der Waals surface area (Å²) in [7, 11) is 0.299. The molecule has 2 aromatic rings. The maximum Gasteiger partial charge on any atom is 0.129 e. The van der Waals surface area contributed by atoms with Crippen LogP contribution >= 0.6 is 0 Å². The van der Waals surface area contributed by atoms with Crippen LogP contribution in [0.1, 0.15) is 17.0 Å². The Morgan fingerprint density at radius 1 is 0.905 bits per heavy atom. The van der Waals surface area contributed by atoms with Crippen molar-refractivity contribution in [2.75, 3.05) is 7.11 Å². The van der Waals surface area contributed by atoms with Crippen molar-refractivity contribution < 1.29 is 4.74 Å². The van der Waals surface area contributed by atoms with Crippen molar-refractivity contribution in [3.8, 4) is 17.2 Å². The summed E-state index contributed by atoms with van der Waals surface area (Å²) in [5.41, 5.74) is 5.92. The van der Waals surface area contributed by atoms with Crippen LogP contribution in [0, 0.1) is 11.5 Å². The first-order valence-electron chi connectivity index (χ1n) is 7.21. The van der Waals surface area contributed by atoms with Gasteiger partial charge in [-0.2, -0.15) is 0 Å². The maximum absolute atomic E-state index is 5.35. The molecule has 0 heterocycles. The van der Waals surface area contributed by atoms with Crippen LogP contribution in [0.4, 0.5) is 0 Å². The minimum atomic E-state index is -1.40. The Labute approximate surface area is 129 Å². The van der Waals surface area contributed by atoms with Crippen LogP contribution < -0.4 is 4.74 Å². The number of hydrogen-bond donors (Lipinski definition) is 0. The van der Waals surface area contributed by atoms with E-state index in [1.54, 1.807) is 7.11 Å². The molecule has 1 atom stereocenters. The van der Waals surface area contributed by atoms with Gasteiger partial charge in [0.25, 0.3) is 0 Å². The molecule has 0 bridgehead atoms. The quantitative estimate of drug-likeness (QED) is 0.588. The molecule has 2 aromatic carbocycles. The highest BCUT2D eigenvalue weighted by Gasteiger charge is 2.14. The second-order valence-corrected chi connectivity index (χ2v) is 10.9.